The fourth-order valence-corrected chi connectivity index (χ4v) is 1.77. The smallest absolute Gasteiger partial charge is 0.328 e. The second-order valence-corrected chi connectivity index (χ2v) is 4.28. The maximum atomic E-state index is 11.8. The molecule has 0 radical (unpaired) electrons. The Morgan fingerprint density at radius 1 is 1.40 bits per heavy atom. The molecule has 1 heterocycles. The minimum absolute atomic E-state index is 0.258. The van der Waals surface area contributed by atoms with E-state index in [9.17, 15) is 9.59 Å². The number of nitrogens with zero attached hydrogens (tertiary/aromatic N) is 1. The Labute approximate surface area is 114 Å². The highest BCUT2D eigenvalue weighted by atomic mass is 16.6. The van der Waals surface area contributed by atoms with Gasteiger partial charge in [0.25, 0.3) is 5.91 Å². The number of aliphatic hydroxyl groups excluding tert-OH is 1. The first-order valence-corrected chi connectivity index (χ1v) is 6.04. The summed E-state index contributed by atoms with van der Waals surface area (Å²) < 4.78 is 0. The Kier molecular flexibility index (Phi) is 4.31. The average molecular weight is 278 g/mol. The standard InChI is InChI=1S/C13H14N2O5/c16-7-10(13(18)19)14-12(17)11-6-9(15-20-11)8-4-2-1-3-5-8/h1-5,10-11,16H,6-7H2,(H,14,17)(H,18,19)/t10-,11?/m0/s1. The molecular formula is C13H14N2O5. The highest BCUT2D eigenvalue weighted by Crippen LogP contribution is 2.16. The van der Waals surface area contributed by atoms with Crippen molar-refractivity contribution in [1.82, 2.24) is 5.32 Å². The summed E-state index contributed by atoms with van der Waals surface area (Å²) >= 11 is 0. The molecule has 1 aliphatic heterocycles. The van der Waals surface area contributed by atoms with Crippen molar-refractivity contribution in [2.24, 2.45) is 5.16 Å². The summed E-state index contributed by atoms with van der Waals surface area (Å²) in [6.07, 6.45) is -0.619. The summed E-state index contributed by atoms with van der Waals surface area (Å²) in [5, 5.41) is 23.6. The van der Waals surface area contributed by atoms with Gasteiger partial charge >= 0.3 is 5.97 Å². The topological polar surface area (TPSA) is 108 Å². The Hall–Kier alpha value is -2.41. The highest BCUT2D eigenvalue weighted by molar-refractivity contribution is 6.04. The number of carboxylic acid groups (broad SMARTS) is 1. The van der Waals surface area contributed by atoms with Crippen LogP contribution in [0.15, 0.2) is 35.5 Å². The number of benzene rings is 1. The Morgan fingerprint density at radius 3 is 2.70 bits per heavy atom. The lowest BCUT2D eigenvalue weighted by atomic mass is 10.0. The van der Waals surface area contributed by atoms with Crippen LogP contribution < -0.4 is 5.32 Å². The number of hydrogen-bond acceptors (Lipinski definition) is 5. The number of carbonyl (C=O) groups is 2. The molecule has 0 aromatic heterocycles. The maximum absolute atomic E-state index is 11.8. The van der Waals surface area contributed by atoms with Gasteiger partial charge in [-0.15, -0.1) is 0 Å². The molecule has 1 unspecified atom stereocenters. The summed E-state index contributed by atoms with van der Waals surface area (Å²) in [6.45, 7) is -0.680. The summed E-state index contributed by atoms with van der Waals surface area (Å²) in [6, 6.07) is 7.90. The SMILES string of the molecule is O=C(N[C@@H](CO)C(=O)O)C1CC(c2ccccc2)=NO1. The van der Waals surface area contributed by atoms with Crippen molar-refractivity contribution >= 4 is 17.6 Å². The number of hydrogen-bond donors (Lipinski definition) is 3. The van der Waals surface area contributed by atoms with E-state index >= 15 is 0 Å². The van der Waals surface area contributed by atoms with Crippen LogP contribution in [0, 0.1) is 0 Å². The van der Waals surface area contributed by atoms with Crippen molar-refractivity contribution in [3.63, 3.8) is 0 Å². The van der Waals surface area contributed by atoms with Crippen LogP contribution in [0.25, 0.3) is 0 Å². The van der Waals surface area contributed by atoms with Gasteiger partial charge in [0.05, 0.1) is 12.3 Å². The van der Waals surface area contributed by atoms with Crippen LogP contribution in [-0.4, -0.2) is 46.6 Å². The predicted molar refractivity (Wildman–Crippen MR) is 69.1 cm³/mol. The third kappa shape index (κ3) is 3.12. The van der Waals surface area contributed by atoms with Crippen LogP contribution >= 0.6 is 0 Å². The van der Waals surface area contributed by atoms with Gasteiger partial charge in [-0.1, -0.05) is 35.5 Å². The number of carboxylic acids is 1. The minimum Gasteiger partial charge on any atom is -0.480 e. The van der Waals surface area contributed by atoms with Crippen molar-refractivity contribution < 1.29 is 24.6 Å². The molecule has 1 aromatic rings. The molecule has 1 aliphatic rings. The van der Waals surface area contributed by atoms with Gasteiger partial charge in [0.1, 0.15) is 6.04 Å². The molecule has 2 rings (SSSR count). The van der Waals surface area contributed by atoms with Crippen molar-refractivity contribution in [3.05, 3.63) is 35.9 Å². The first kappa shape index (κ1) is 14.0. The van der Waals surface area contributed by atoms with Crippen LogP contribution in [0.1, 0.15) is 12.0 Å². The van der Waals surface area contributed by atoms with E-state index in [1.165, 1.54) is 0 Å². The van der Waals surface area contributed by atoms with Gasteiger partial charge in [-0.25, -0.2) is 4.79 Å². The van der Waals surface area contributed by atoms with Gasteiger partial charge in [-0.3, -0.25) is 4.79 Å². The van der Waals surface area contributed by atoms with Crippen LogP contribution in [0.5, 0.6) is 0 Å². The van der Waals surface area contributed by atoms with Crippen molar-refractivity contribution in [2.45, 2.75) is 18.6 Å². The van der Waals surface area contributed by atoms with Crippen LogP contribution in [0.2, 0.25) is 0 Å². The first-order valence-electron chi connectivity index (χ1n) is 6.04. The lowest BCUT2D eigenvalue weighted by molar-refractivity contribution is -0.145. The monoisotopic (exact) mass is 278 g/mol. The van der Waals surface area contributed by atoms with Gasteiger partial charge in [0, 0.05) is 6.42 Å². The van der Waals surface area contributed by atoms with E-state index in [-0.39, 0.29) is 6.42 Å². The fourth-order valence-electron chi connectivity index (χ4n) is 1.77. The van der Waals surface area contributed by atoms with E-state index in [2.05, 4.69) is 10.5 Å². The molecular weight excluding hydrogens is 264 g/mol. The van der Waals surface area contributed by atoms with Gasteiger partial charge in [-0.05, 0) is 5.56 Å². The lowest BCUT2D eigenvalue weighted by Crippen LogP contribution is -2.47. The number of rotatable bonds is 5. The molecule has 3 N–H and O–H groups in total. The Balaban J connectivity index is 1.94. The van der Waals surface area contributed by atoms with Gasteiger partial charge in [0.2, 0.25) is 6.10 Å². The molecule has 0 fully saturated rings. The quantitative estimate of drug-likeness (QED) is 0.687. The fraction of sp³-hybridized carbons (Fsp3) is 0.308. The number of aliphatic hydroxyl groups is 1. The van der Waals surface area contributed by atoms with E-state index < -0.39 is 30.6 Å². The molecule has 106 valence electrons. The van der Waals surface area contributed by atoms with Gasteiger partial charge in [0.15, 0.2) is 0 Å². The number of aliphatic carboxylic acids is 1. The third-order valence-electron chi connectivity index (χ3n) is 2.87. The molecule has 0 saturated carbocycles. The zero-order valence-corrected chi connectivity index (χ0v) is 10.5. The van der Waals surface area contributed by atoms with Crippen LogP contribution in [0.4, 0.5) is 0 Å². The van der Waals surface area contributed by atoms with E-state index in [4.69, 9.17) is 15.1 Å². The maximum Gasteiger partial charge on any atom is 0.328 e. The van der Waals surface area contributed by atoms with E-state index in [0.29, 0.717) is 5.71 Å². The summed E-state index contributed by atoms with van der Waals surface area (Å²) in [5.74, 6) is -1.91. The number of oxime groups is 1. The molecule has 0 bridgehead atoms. The molecule has 0 saturated heterocycles. The number of nitrogens with one attached hydrogen (secondary N) is 1. The zero-order valence-electron chi connectivity index (χ0n) is 10.5. The van der Waals surface area contributed by atoms with Gasteiger partial charge < -0.3 is 20.4 Å². The summed E-state index contributed by atoms with van der Waals surface area (Å²) in [5.41, 5.74) is 1.47. The Morgan fingerprint density at radius 2 is 2.10 bits per heavy atom. The second kappa shape index (κ2) is 6.16. The summed E-state index contributed by atoms with van der Waals surface area (Å²) in [7, 11) is 0. The van der Waals surface area contributed by atoms with E-state index in [1.807, 2.05) is 30.3 Å². The van der Waals surface area contributed by atoms with Crippen molar-refractivity contribution in [2.75, 3.05) is 6.61 Å². The lowest BCUT2D eigenvalue weighted by Gasteiger charge is -2.14. The average Bonchev–Trinajstić information content (AvgIpc) is 2.95. The highest BCUT2D eigenvalue weighted by Gasteiger charge is 2.31. The minimum atomic E-state index is -1.34. The largest absolute Gasteiger partial charge is 0.480 e. The van der Waals surface area contributed by atoms with Gasteiger partial charge in [-0.2, -0.15) is 0 Å². The molecule has 1 aromatic carbocycles. The Bertz CT molecular complexity index is 529. The number of carbonyl (C=O) groups excluding carboxylic acids is 1. The van der Waals surface area contributed by atoms with Crippen molar-refractivity contribution in [3.8, 4) is 0 Å². The molecule has 7 nitrogen and oxygen atoms in total. The van der Waals surface area contributed by atoms with E-state index in [0.717, 1.165) is 5.56 Å². The third-order valence-corrected chi connectivity index (χ3v) is 2.87. The zero-order chi connectivity index (χ0) is 14.5. The molecule has 7 heteroatoms. The van der Waals surface area contributed by atoms with Crippen molar-refractivity contribution in [1.29, 1.82) is 0 Å². The predicted octanol–water partition coefficient (Wildman–Crippen LogP) is -0.259. The molecule has 0 aliphatic carbocycles. The number of amides is 1. The van der Waals surface area contributed by atoms with Crippen LogP contribution in [-0.2, 0) is 14.4 Å². The van der Waals surface area contributed by atoms with E-state index in [1.54, 1.807) is 0 Å². The normalized spacial score (nSPS) is 18.9. The van der Waals surface area contributed by atoms with Crippen LogP contribution in [0.3, 0.4) is 0 Å². The molecule has 2 atom stereocenters. The summed E-state index contributed by atoms with van der Waals surface area (Å²) in [4.78, 5) is 27.5. The molecule has 0 spiro atoms. The first-order chi connectivity index (χ1) is 9.61. The molecule has 1 amide bonds. The second-order valence-electron chi connectivity index (χ2n) is 4.28. The molecule has 20 heavy (non-hydrogen) atoms.